The largest absolute Gasteiger partial charge is 0.492 e. The van der Waals surface area contributed by atoms with E-state index >= 15 is 0 Å². The van der Waals surface area contributed by atoms with Gasteiger partial charge in [0.25, 0.3) is 0 Å². The second kappa shape index (κ2) is 9.52. The van der Waals surface area contributed by atoms with Gasteiger partial charge >= 0.3 is 0 Å². The minimum absolute atomic E-state index is 0.229. The van der Waals surface area contributed by atoms with E-state index in [2.05, 4.69) is 31.1 Å². The van der Waals surface area contributed by atoms with Gasteiger partial charge in [0.15, 0.2) is 5.96 Å². The first kappa shape index (κ1) is 18.6. The van der Waals surface area contributed by atoms with Crippen LogP contribution in [0, 0.1) is 5.92 Å². The van der Waals surface area contributed by atoms with Crippen LogP contribution in [0.3, 0.4) is 0 Å². The highest BCUT2D eigenvalue weighted by Crippen LogP contribution is 2.19. The molecule has 1 unspecified atom stereocenters. The van der Waals surface area contributed by atoms with Gasteiger partial charge in [-0.15, -0.1) is 0 Å². The van der Waals surface area contributed by atoms with E-state index in [1.165, 1.54) is 0 Å². The molecule has 2 rings (SSSR count). The molecule has 1 saturated heterocycles. The number of hydrogen-bond donors (Lipinski definition) is 2. The second-order valence-electron chi connectivity index (χ2n) is 5.90. The Morgan fingerprint density at radius 1 is 1.54 bits per heavy atom. The average Bonchev–Trinajstić information content (AvgIpc) is 2.54. The highest BCUT2D eigenvalue weighted by atomic mass is 79.9. The van der Waals surface area contributed by atoms with Crippen LogP contribution in [0.25, 0.3) is 0 Å². The van der Waals surface area contributed by atoms with Crippen LogP contribution in [0.1, 0.15) is 19.3 Å². The minimum atomic E-state index is -0.229. The number of carbonyl (C=O) groups is 1. The predicted octanol–water partition coefficient (Wildman–Crippen LogP) is 1.99. The molecule has 1 fully saturated rings. The number of hydrogen-bond acceptors (Lipinski definition) is 3. The first-order chi connectivity index (χ1) is 11.6. The van der Waals surface area contributed by atoms with Gasteiger partial charge < -0.3 is 20.7 Å². The maximum absolute atomic E-state index is 11.1. The van der Waals surface area contributed by atoms with Crippen molar-refractivity contribution in [2.24, 2.45) is 16.6 Å². The van der Waals surface area contributed by atoms with Gasteiger partial charge in [0.1, 0.15) is 12.4 Å². The first-order valence-electron chi connectivity index (χ1n) is 8.20. The summed E-state index contributed by atoms with van der Waals surface area (Å²) in [6.07, 6.45) is 2.54. The van der Waals surface area contributed by atoms with Crippen molar-refractivity contribution in [1.29, 1.82) is 0 Å². The summed E-state index contributed by atoms with van der Waals surface area (Å²) in [4.78, 5) is 17.6. The number of carbonyl (C=O) groups excluding carboxylic acids is 1. The quantitative estimate of drug-likeness (QED) is 0.437. The fourth-order valence-corrected chi connectivity index (χ4v) is 3.31. The number of amides is 1. The van der Waals surface area contributed by atoms with Crippen LogP contribution in [-0.2, 0) is 4.79 Å². The number of nitrogens with zero attached hydrogens (tertiary/aromatic N) is 2. The van der Waals surface area contributed by atoms with Crippen molar-refractivity contribution in [3.8, 4) is 5.75 Å². The minimum Gasteiger partial charge on any atom is -0.492 e. The lowest BCUT2D eigenvalue weighted by Gasteiger charge is -2.34. The molecule has 1 aromatic rings. The lowest BCUT2D eigenvalue weighted by Crippen LogP contribution is -2.48. The zero-order chi connectivity index (χ0) is 17.4. The maximum atomic E-state index is 11.1. The van der Waals surface area contributed by atoms with Crippen molar-refractivity contribution >= 4 is 27.8 Å². The second-order valence-corrected chi connectivity index (χ2v) is 6.82. The van der Waals surface area contributed by atoms with Crippen LogP contribution < -0.4 is 15.8 Å². The monoisotopic (exact) mass is 396 g/mol. The van der Waals surface area contributed by atoms with E-state index in [0.717, 1.165) is 42.1 Å². The van der Waals surface area contributed by atoms with Crippen molar-refractivity contribution in [2.75, 3.05) is 33.3 Å². The summed E-state index contributed by atoms with van der Waals surface area (Å²) in [7, 11) is 1.77. The zero-order valence-electron chi connectivity index (χ0n) is 14.0. The first-order valence-corrected chi connectivity index (χ1v) is 9.00. The molecule has 1 heterocycles. The number of nitrogens with one attached hydrogen (secondary N) is 1. The number of primary amides is 1. The number of aliphatic imine (C=N–C) groups is 1. The zero-order valence-corrected chi connectivity index (χ0v) is 15.6. The van der Waals surface area contributed by atoms with Crippen LogP contribution >= 0.6 is 15.9 Å². The Morgan fingerprint density at radius 2 is 2.38 bits per heavy atom. The summed E-state index contributed by atoms with van der Waals surface area (Å²) in [6, 6.07) is 7.77. The molecule has 6 nitrogen and oxygen atoms in total. The van der Waals surface area contributed by atoms with E-state index in [1.54, 1.807) is 7.05 Å². The Morgan fingerprint density at radius 3 is 3.08 bits per heavy atom. The van der Waals surface area contributed by atoms with Crippen molar-refractivity contribution in [1.82, 2.24) is 10.2 Å². The lowest BCUT2D eigenvalue weighted by atomic mass is 9.95. The third-order valence-electron chi connectivity index (χ3n) is 3.97. The molecule has 0 aromatic heterocycles. The highest BCUT2D eigenvalue weighted by molar-refractivity contribution is 9.10. The van der Waals surface area contributed by atoms with E-state index in [-0.39, 0.29) is 5.91 Å². The van der Waals surface area contributed by atoms with Crippen molar-refractivity contribution in [3.63, 3.8) is 0 Å². The molecular formula is C17H25BrN4O2. The molecule has 132 valence electrons. The van der Waals surface area contributed by atoms with Gasteiger partial charge in [0, 0.05) is 31.0 Å². The molecular weight excluding hydrogens is 372 g/mol. The molecule has 24 heavy (non-hydrogen) atoms. The van der Waals surface area contributed by atoms with E-state index in [9.17, 15) is 4.79 Å². The summed E-state index contributed by atoms with van der Waals surface area (Å²) in [5.41, 5.74) is 5.32. The summed E-state index contributed by atoms with van der Waals surface area (Å²) in [6.45, 7) is 2.97. The van der Waals surface area contributed by atoms with E-state index in [1.807, 2.05) is 24.3 Å². The van der Waals surface area contributed by atoms with Gasteiger partial charge in [-0.25, -0.2) is 0 Å². The number of rotatable bonds is 6. The van der Waals surface area contributed by atoms with Crippen LogP contribution in [0.5, 0.6) is 5.75 Å². The topological polar surface area (TPSA) is 80.0 Å². The van der Waals surface area contributed by atoms with Crippen molar-refractivity contribution in [2.45, 2.75) is 19.3 Å². The molecule has 1 aliphatic heterocycles. The molecule has 0 aliphatic carbocycles. The molecule has 0 bridgehead atoms. The molecule has 1 atom stereocenters. The van der Waals surface area contributed by atoms with E-state index in [0.29, 0.717) is 25.5 Å². The number of nitrogens with two attached hydrogens (primary N) is 1. The van der Waals surface area contributed by atoms with Gasteiger partial charge in [-0.3, -0.25) is 9.79 Å². The molecule has 1 aromatic carbocycles. The average molecular weight is 397 g/mol. The van der Waals surface area contributed by atoms with E-state index < -0.39 is 0 Å². The fourth-order valence-electron chi connectivity index (χ4n) is 2.93. The SMILES string of the molecule is CN=C(NCCOc1cccc(Br)c1)N1CCCC(CC(N)=O)C1. The molecule has 0 radical (unpaired) electrons. The third kappa shape index (κ3) is 6.03. The number of halogens is 1. The number of likely N-dealkylation sites (tertiary alicyclic amines) is 1. The molecule has 1 aliphatic rings. The fraction of sp³-hybridized carbons (Fsp3) is 0.529. The molecule has 7 heteroatoms. The Balaban J connectivity index is 1.76. The summed E-state index contributed by atoms with van der Waals surface area (Å²) < 4.78 is 6.71. The number of piperidine rings is 1. The van der Waals surface area contributed by atoms with Crippen LogP contribution in [0.2, 0.25) is 0 Å². The van der Waals surface area contributed by atoms with Gasteiger partial charge in [0.2, 0.25) is 5.91 Å². The molecule has 3 N–H and O–H groups in total. The lowest BCUT2D eigenvalue weighted by molar-refractivity contribution is -0.119. The highest BCUT2D eigenvalue weighted by Gasteiger charge is 2.23. The molecule has 1 amide bonds. The van der Waals surface area contributed by atoms with Gasteiger partial charge in [0.05, 0.1) is 6.54 Å². The predicted molar refractivity (Wildman–Crippen MR) is 99.1 cm³/mol. The standard InChI is InChI=1S/C17H25BrN4O2/c1-20-17(22-8-3-4-13(12-22)10-16(19)23)21-7-9-24-15-6-2-5-14(18)11-15/h2,5-6,11,13H,3-4,7-10,12H2,1H3,(H2,19,23)(H,20,21). The summed E-state index contributed by atoms with van der Waals surface area (Å²) in [5.74, 6) is 1.77. The maximum Gasteiger partial charge on any atom is 0.217 e. The number of ether oxygens (including phenoxy) is 1. The van der Waals surface area contributed by atoms with Crippen LogP contribution in [0.4, 0.5) is 0 Å². The molecule has 0 saturated carbocycles. The van der Waals surface area contributed by atoms with Crippen molar-refractivity contribution < 1.29 is 9.53 Å². The Labute approximate surface area is 151 Å². The van der Waals surface area contributed by atoms with Gasteiger partial charge in [-0.05, 0) is 37.0 Å². The Bertz CT molecular complexity index is 579. The number of guanidine groups is 1. The summed E-state index contributed by atoms with van der Waals surface area (Å²) in [5, 5.41) is 3.32. The van der Waals surface area contributed by atoms with Gasteiger partial charge in [-0.1, -0.05) is 22.0 Å². The van der Waals surface area contributed by atoms with Gasteiger partial charge in [-0.2, -0.15) is 0 Å². The van der Waals surface area contributed by atoms with E-state index in [4.69, 9.17) is 10.5 Å². The smallest absolute Gasteiger partial charge is 0.217 e. The summed E-state index contributed by atoms with van der Waals surface area (Å²) >= 11 is 3.43. The van der Waals surface area contributed by atoms with Crippen molar-refractivity contribution in [3.05, 3.63) is 28.7 Å². The Hall–Kier alpha value is -1.76. The molecule has 0 spiro atoms. The van der Waals surface area contributed by atoms with Crippen LogP contribution in [0.15, 0.2) is 33.7 Å². The number of benzene rings is 1. The third-order valence-corrected chi connectivity index (χ3v) is 4.46. The Kier molecular flexibility index (Phi) is 7.36. The normalized spacial score (nSPS) is 18.3. The van der Waals surface area contributed by atoms with Crippen LogP contribution in [-0.4, -0.2) is 50.1 Å².